The second kappa shape index (κ2) is 3.44. The van der Waals surface area contributed by atoms with Crippen molar-refractivity contribution in [3.05, 3.63) is 23.8 Å². The third-order valence-electron chi connectivity index (χ3n) is 1.18. The first-order chi connectivity index (χ1) is 6.04. The van der Waals surface area contributed by atoms with Crippen molar-refractivity contribution in [2.75, 3.05) is 0 Å². The standard InChI is InChI=1S/C8H5F3N2/c1-2-3-7-12-5-4-6(13-7)8(9,10)11/h4-5H,1H3. The quantitative estimate of drug-likeness (QED) is 0.578. The molecular weight excluding hydrogens is 181 g/mol. The topological polar surface area (TPSA) is 25.8 Å². The summed E-state index contributed by atoms with van der Waals surface area (Å²) in [5, 5.41) is 0. The molecule has 0 aliphatic heterocycles. The highest BCUT2D eigenvalue weighted by molar-refractivity contribution is 5.21. The van der Waals surface area contributed by atoms with Gasteiger partial charge in [0.05, 0.1) is 0 Å². The maximum absolute atomic E-state index is 12.1. The highest BCUT2D eigenvalue weighted by Crippen LogP contribution is 2.26. The summed E-state index contributed by atoms with van der Waals surface area (Å²) in [5.41, 5.74) is -0.972. The van der Waals surface area contributed by atoms with Crippen molar-refractivity contribution in [2.24, 2.45) is 0 Å². The van der Waals surface area contributed by atoms with Gasteiger partial charge in [-0.05, 0) is 18.9 Å². The van der Waals surface area contributed by atoms with Gasteiger partial charge in [-0.3, -0.25) is 0 Å². The summed E-state index contributed by atoms with van der Waals surface area (Å²) in [5.74, 6) is 4.65. The zero-order chi connectivity index (χ0) is 9.90. The fourth-order valence-corrected chi connectivity index (χ4v) is 0.689. The van der Waals surface area contributed by atoms with Crippen LogP contribution in [-0.4, -0.2) is 9.97 Å². The molecule has 13 heavy (non-hydrogen) atoms. The Morgan fingerprint density at radius 2 is 2.08 bits per heavy atom. The summed E-state index contributed by atoms with van der Waals surface area (Å²) in [4.78, 5) is 6.78. The van der Waals surface area contributed by atoms with E-state index in [1.807, 2.05) is 0 Å². The Kier molecular flexibility index (Phi) is 2.52. The zero-order valence-electron chi connectivity index (χ0n) is 6.68. The van der Waals surface area contributed by atoms with Gasteiger partial charge in [-0.1, -0.05) is 5.92 Å². The Labute approximate surface area is 72.8 Å². The van der Waals surface area contributed by atoms with Gasteiger partial charge in [-0.15, -0.1) is 0 Å². The lowest BCUT2D eigenvalue weighted by molar-refractivity contribution is -0.141. The van der Waals surface area contributed by atoms with Crippen LogP contribution in [0.2, 0.25) is 0 Å². The smallest absolute Gasteiger partial charge is 0.229 e. The van der Waals surface area contributed by atoms with Crippen LogP contribution in [0.1, 0.15) is 18.4 Å². The van der Waals surface area contributed by atoms with E-state index in [-0.39, 0.29) is 5.82 Å². The second-order valence-electron chi connectivity index (χ2n) is 2.14. The predicted molar refractivity (Wildman–Crippen MR) is 39.6 cm³/mol. The summed E-state index contributed by atoms with van der Waals surface area (Å²) in [6.45, 7) is 1.50. The third kappa shape index (κ3) is 2.44. The minimum atomic E-state index is -4.44. The van der Waals surface area contributed by atoms with Crippen LogP contribution in [0, 0.1) is 11.8 Å². The molecule has 0 atom stereocenters. The highest BCUT2D eigenvalue weighted by atomic mass is 19.4. The van der Waals surface area contributed by atoms with E-state index in [0.717, 1.165) is 12.3 Å². The molecule has 1 heterocycles. The molecule has 0 aliphatic carbocycles. The summed E-state index contributed by atoms with van der Waals surface area (Å²) in [7, 11) is 0. The van der Waals surface area contributed by atoms with E-state index < -0.39 is 11.9 Å². The van der Waals surface area contributed by atoms with Crippen molar-refractivity contribution in [2.45, 2.75) is 13.1 Å². The Morgan fingerprint density at radius 3 is 2.62 bits per heavy atom. The van der Waals surface area contributed by atoms with Crippen LogP contribution in [0.5, 0.6) is 0 Å². The van der Waals surface area contributed by atoms with Gasteiger partial charge in [0.2, 0.25) is 5.82 Å². The van der Waals surface area contributed by atoms with E-state index in [1.165, 1.54) is 6.92 Å². The summed E-state index contributed by atoms with van der Waals surface area (Å²) in [6.07, 6.45) is -3.40. The fraction of sp³-hybridized carbons (Fsp3) is 0.250. The molecule has 1 rings (SSSR count). The number of nitrogens with zero attached hydrogens (tertiary/aromatic N) is 2. The number of hydrogen-bond donors (Lipinski definition) is 0. The number of alkyl halides is 3. The molecule has 0 aromatic carbocycles. The fourth-order valence-electron chi connectivity index (χ4n) is 0.689. The number of rotatable bonds is 0. The molecule has 0 N–H and O–H groups in total. The van der Waals surface area contributed by atoms with Crippen LogP contribution in [0.4, 0.5) is 13.2 Å². The molecule has 0 unspecified atom stereocenters. The number of halogens is 3. The monoisotopic (exact) mass is 186 g/mol. The van der Waals surface area contributed by atoms with Crippen LogP contribution < -0.4 is 0 Å². The molecule has 0 aliphatic rings. The molecule has 0 saturated heterocycles. The lowest BCUT2D eigenvalue weighted by Crippen LogP contribution is -2.09. The maximum atomic E-state index is 12.1. The lowest BCUT2D eigenvalue weighted by atomic mass is 10.4. The maximum Gasteiger partial charge on any atom is 0.433 e. The Balaban J connectivity index is 3.10. The van der Waals surface area contributed by atoms with Crippen molar-refractivity contribution in [3.8, 4) is 11.8 Å². The van der Waals surface area contributed by atoms with Gasteiger partial charge < -0.3 is 0 Å². The second-order valence-corrected chi connectivity index (χ2v) is 2.14. The van der Waals surface area contributed by atoms with Gasteiger partial charge in [0, 0.05) is 6.20 Å². The lowest BCUT2D eigenvalue weighted by Gasteiger charge is -2.03. The number of aromatic nitrogens is 2. The molecule has 0 saturated carbocycles. The van der Waals surface area contributed by atoms with Crippen molar-refractivity contribution in [1.29, 1.82) is 0 Å². The normalized spacial score (nSPS) is 10.5. The molecule has 5 heteroatoms. The van der Waals surface area contributed by atoms with Crippen LogP contribution in [-0.2, 0) is 6.18 Å². The predicted octanol–water partition coefficient (Wildman–Crippen LogP) is 1.87. The van der Waals surface area contributed by atoms with Crippen LogP contribution in [0.15, 0.2) is 12.3 Å². The first-order valence-corrected chi connectivity index (χ1v) is 3.37. The highest BCUT2D eigenvalue weighted by Gasteiger charge is 2.32. The number of hydrogen-bond acceptors (Lipinski definition) is 2. The summed E-state index contributed by atoms with van der Waals surface area (Å²) in [6, 6.07) is 0.806. The molecule has 2 nitrogen and oxygen atoms in total. The largest absolute Gasteiger partial charge is 0.433 e. The SMILES string of the molecule is CC#Cc1nccc(C(F)(F)F)n1. The first kappa shape index (κ1) is 9.52. The zero-order valence-corrected chi connectivity index (χ0v) is 6.68. The molecule has 0 spiro atoms. The molecule has 0 amide bonds. The Hall–Kier alpha value is -1.57. The van der Waals surface area contributed by atoms with Crippen molar-refractivity contribution in [1.82, 2.24) is 9.97 Å². The van der Waals surface area contributed by atoms with E-state index in [4.69, 9.17) is 0 Å². The van der Waals surface area contributed by atoms with Crippen LogP contribution >= 0.6 is 0 Å². The van der Waals surface area contributed by atoms with E-state index in [9.17, 15) is 13.2 Å². The average Bonchev–Trinajstić information content (AvgIpc) is 2.04. The Morgan fingerprint density at radius 1 is 1.38 bits per heavy atom. The van der Waals surface area contributed by atoms with Crippen molar-refractivity contribution >= 4 is 0 Å². The van der Waals surface area contributed by atoms with Gasteiger partial charge in [-0.2, -0.15) is 13.2 Å². The van der Waals surface area contributed by atoms with Gasteiger partial charge in [0.15, 0.2) is 0 Å². The van der Waals surface area contributed by atoms with Gasteiger partial charge in [-0.25, -0.2) is 9.97 Å². The van der Waals surface area contributed by atoms with E-state index in [2.05, 4.69) is 21.8 Å². The molecule has 1 aromatic heterocycles. The first-order valence-electron chi connectivity index (χ1n) is 3.37. The molecule has 68 valence electrons. The third-order valence-corrected chi connectivity index (χ3v) is 1.18. The summed E-state index contributed by atoms with van der Waals surface area (Å²) >= 11 is 0. The van der Waals surface area contributed by atoms with E-state index in [0.29, 0.717) is 0 Å². The van der Waals surface area contributed by atoms with Crippen molar-refractivity contribution in [3.63, 3.8) is 0 Å². The van der Waals surface area contributed by atoms with Gasteiger partial charge in [0.25, 0.3) is 0 Å². The summed E-state index contributed by atoms with van der Waals surface area (Å²) < 4.78 is 36.2. The van der Waals surface area contributed by atoms with Crippen LogP contribution in [0.3, 0.4) is 0 Å². The molecule has 1 aromatic rings. The van der Waals surface area contributed by atoms with Crippen LogP contribution in [0.25, 0.3) is 0 Å². The van der Waals surface area contributed by atoms with Gasteiger partial charge >= 0.3 is 6.18 Å². The molecule has 0 bridgehead atoms. The van der Waals surface area contributed by atoms with Gasteiger partial charge in [0.1, 0.15) is 5.69 Å². The Bertz CT molecular complexity index is 360. The van der Waals surface area contributed by atoms with E-state index >= 15 is 0 Å². The minimum Gasteiger partial charge on any atom is -0.229 e. The average molecular weight is 186 g/mol. The van der Waals surface area contributed by atoms with E-state index in [1.54, 1.807) is 0 Å². The molecular formula is C8H5F3N2. The molecule has 0 fully saturated rings. The molecule has 0 radical (unpaired) electrons. The minimum absolute atomic E-state index is 0.114. The van der Waals surface area contributed by atoms with Crippen molar-refractivity contribution < 1.29 is 13.2 Å².